The van der Waals surface area contributed by atoms with Gasteiger partial charge in [0.2, 0.25) is 5.91 Å². The van der Waals surface area contributed by atoms with Crippen molar-refractivity contribution in [2.75, 3.05) is 5.75 Å². The first-order chi connectivity index (χ1) is 13.4. The molecule has 3 rings (SSSR count). The molecule has 1 aromatic heterocycles. The molecule has 0 fully saturated rings. The van der Waals surface area contributed by atoms with Crippen LogP contribution in [-0.2, 0) is 4.79 Å². The first kappa shape index (κ1) is 20.1. The average Bonchev–Trinajstić information content (AvgIpc) is 2.69. The molecule has 146 valence electrons. The number of nitrogens with zero attached hydrogens (tertiary/aromatic N) is 2. The average molecular weight is 396 g/mol. The minimum atomic E-state index is -0.121. The van der Waals surface area contributed by atoms with Crippen LogP contribution in [0.25, 0.3) is 16.6 Å². The SMILES string of the molecule is CCC(C)NC(=O)CSc1nc2ccccc2c(=O)n1-c1cccc(C)c1C. The maximum Gasteiger partial charge on any atom is 0.266 e. The van der Waals surface area contributed by atoms with Gasteiger partial charge < -0.3 is 5.32 Å². The second kappa shape index (κ2) is 8.61. The molecular weight excluding hydrogens is 370 g/mol. The molecule has 0 bridgehead atoms. The lowest BCUT2D eigenvalue weighted by atomic mass is 10.1. The largest absolute Gasteiger partial charge is 0.353 e. The Morgan fingerprint density at radius 2 is 1.93 bits per heavy atom. The van der Waals surface area contributed by atoms with Crippen LogP contribution < -0.4 is 10.9 Å². The monoisotopic (exact) mass is 395 g/mol. The van der Waals surface area contributed by atoms with Crippen molar-refractivity contribution in [3.8, 4) is 5.69 Å². The van der Waals surface area contributed by atoms with E-state index in [1.807, 2.05) is 64.1 Å². The van der Waals surface area contributed by atoms with Crippen LogP contribution in [0.4, 0.5) is 0 Å². The van der Waals surface area contributed by atoms with Gasteiger partial charge in [-0.25, -0.2) is 4.98 Å². The summed E-state index contributed by atoms with van der Waals surface area (Å²) < 4.78 is 1.63. The summed E-state index contributed by atoms with van der Waals surface area (Å²) >= 11 is 1.29. The Kier molecular flexibility index (Phi) is 6.19. The Morgan fingerprint density at radius 1 is 1.18 bits per heavy atom. The van der Waals surface area contributed by atoms with Crippen molar-refractivity contribution in [2.45, 2.75) is 45.3 Å². The maximum atomic E-state index is 13.3. The first-order valence-electron chi connectivity index (χ1n) is 9.43. The highest BCUT2D eigenvalue weighted by Crippen LogP contribution is 2.24. The fourth-order valence-electron chi connectivity index (χ4n) is 2.95. The lowest BCUT2D eigenvalue weighted by Gasteiger charge is -2.16. The van der Waals surface area contributed by atoms with Gasteiger partial charge >= 0.3 is 0 Å². The summed E-state index contributed by atoms with van der Waals surface area (Å²) in [6.45, 7) is 8.02. The number of hydrogen-bond donors (Lipinski definition) is 1. The van der Waals surface area contributed by atoms with Crippen LogP contribution in [0.3, 0.4) is 0 Å². The van der Waals surface area contributed by atoms with Crippen molar-refractivity contribution in [2.24, 2.45) is 0 Å². The Bertz CT molecular complexity index is 1080. The van der Waals surface area contributed by atoms with E-state index >= 15 is 0 Å². The molecule has 3 aromatic rings. The van der Waals surface area contributed by atoms with Crippen LogP contribution in [0, 0.1) is 13.8 Å². The smallest absolute Gasteiger partial charge is 0.266 e. The number of rotatable bonds is 6. The number of fused-ring (bicyclic) bond motifs is 1. The molecule has 0 spiro atoms. The molecule has 0 aliphatic rings. The summed E-state index contributed by atoms with van der Waals surface area (Å²) in [5.74, 6) is 0.147. The van der Waals surface area contributed by atoms with Crippen LogP contribution in [0.5, 0.6) is 0 Å². The summed E-state index contributed by atoms with van der Waals surface area (Å²) in [6, 6.07) is 13.3. The standard InChI is InChI=1S/C22H25N3O2S/c1-5-15(3)23-20(26)13-28-22-24-18-11-7-6-10-17(18)21(27)25(22)19-12-8-9-14(2)16(19)4/h6-12,15H,5,13H2,1-4H3,(H,23,26). The molecule has 1 N–H and O–H groups in total. The van der Waals surface area contributed by atoms with Crippen molar-refractivity contribution in [1.29, 1.82) is 0 Å². The third-order valence-corrected chi connectivity index (χ3v) is 5.85. The topological polar surface area (TPSA) is 64.0 Å². The van der Waals surface area contributed by atoms with Crippen LogP contribution in [0.1, 0.15) is 31.4 Å². The van der Waals surface area contributed by atoms with Gasteiger partial charge in [0.25, 0.3) is 5.56 Å². The van der Waals surface area contributed by atoms with Crippen molar-refractivity contribution >= 4 is 28.6 Å². The van der Waals surface area contributed by atoms with Crippen molar-refractivity contribution in [1.82, 2.24) is 14.9 Å². The number of para-hydroxylation sites is 1. The molecule has 2 aromatic carbocycles. The van der Waals surface area contributed by atoms with E-state index in [9.17, 15) is 9.59 Å². The summed E-state index contributed by atoms with van der Waals surface area (Å²) in [4.78, 5) is 30.2. The Morgan fingerprint density at radius 3 is 2.68 bits per heavy atom. The molecule has 5 nitrogen and oxygen atoms in total. The summed E-state index contributed by atoms with van der Waals surface area (Å²) in [6.07, 6.45) is 0.873. The van der Waals surface area contributed by atoms with Gasteiger partial charge in [-0.15, -0.1) is 0 Å². The lowest BCUT2D eigenvalue weighted by Crippen LogP contribution is -2.33. The van der Waals surface area contributed by atoms with Gasteiger partial charge in [-0.3, -0.25) is 14.2 Å². The summed E-state index contributed by atoms with van der Waals surface area (Å²) in [7, 11) is 0. The number of carbonyl (C=O) groups is 1. The number of aromatic nitrogens is 2. The van der Waals surface area contributed by atoms with Gasteiger partial charge in [-0.2, -0.15) is 0 Å². The molecule has 1 atom stereocenters. The number of thioether (sulfide) groups is 1. The number of nitrogens with one attached hydrogen (secondary N) is 1. The predicted octanol–water partition coefficient (Wildman–Crippen LogP) is 4.01. The normalized spacial score (nSPS) is 12.1. The first-order valence-corrected chi connectivity index (χ1v) is 10.4. The second-order valence-corrected chi connectivity index (χ2v) is 7.88. The molecule has 1 unspecified atom stereocenters. The predicted molar refractivity (Wildman–Crippen MR) is 115 cm³/mol. The number of amides is 1. The quantitative estimate of drug-likeness (QED) is 0.506. The lowest BCUT2D eigenvalue weighted by molar-refractivity contribution is -0.119. The Hall–Kier alpha value is -2.60. The zero-order valence-electron chi connectivity index (χ0n) is 16.7. The fraction of sp³-hybridized carbons (Fsp3) is 0.318. The minimum Gasteiger partial charge on any atom is -0.353 e. The summed E-state index contributed by atoms with van der Waals surface area (Å²) in [5.41, 5.74) is 3.44. The number of carbonyl (C=O) groups excluding carboxylic acids is 1. The van der Waals surface area contributed by atoms with E-state index in [1.165, 1.54) is 11.8 Å². The van der Waals surface area contributed by atoms with E-state index in [-0.39, 0.29) is 23.3 Å². The van der Waals surface area contributed by atoms with Crippen molar-refractivity contribution in [3.05, 3.63) is 63.9 Å². The highest BCUT2D eigenvalue weighted by Gasteiger charge is 2.17. The molecule has 0 saturated carbocycles. The van der Waals surface area contributed by atoms with Gasteiger partial charge in [0.15, 0.2) is 5.16 Å². The zero-order valence-corrected chi connectivity index (χ0v) is 17.5. The molecule has 1 heterocycles. The van der Waals surface area contributed by atoms with Gasteiger partial charge in [0.05, 0.1) is 22.3 Å². The Labute approximate surface area is 169 Å². The molecule has 0 saturated heterocycles. The van der Waals surface area contributed by atoms with Crippen LogP contribution >= 0.6 is 11.8 Å². The highest BCUT2D eigenvalue weighted by atomic mass is 32.2. The molecule has 6 heteroatoms. The number of aryl methyl sites for hydroxylation is 1. The van der Waals surface area contributed by atoms with Crippen LogP contribution in [-0.4, -0.2) is 27.3 Å². The number of hydrogen-bond acceptors (Lipinski definition) is 4. The fourth-order valence-corrected chi connectivity index (χ4v) is 3.76. The van der Waals surface area contributed by atoms with E-state index in [0.717, 1.165) is 23.2 Å². The molecule has 28 heavy (non-hydrogen) atoms. The summed E-state index contributed by atoms with van der Waals surface area (Å²) in [5, 5.41) is 4.05. The van der Waals surface area contributed by atoms with E-state index < -0.39 is 0 Å². The molecular formula is C22H25N3O2S. The van der Waals surface area contributed by atoms with Gasteiger partial charge in [-0.1, -0.05) is 43.0 Å². The molecule has 0 aliphatic carbocycles. The van der Waals surface area contributed by atoms with Crippen molar-refractivity contribution < 1.29 is 4.79 Å². The van der Waals surface area contributed by atoms with Gasteiger partial charge in [0.1, 0.15) is 0 Å². The van der Waals surface area contributed by atoms with E-state index in [4.69, 9.17) is 4.98 Å². The van der Waals surface area contributed by atoms with E-state index in [2.05, 4.69) is 5.32 Å². The maximum absolute atomic E-state index is 13.3. The van der Waals surface area contributed by atoms with Gasteiger partial charge in [-0.05, 0) is 56.5 Å². The Balaban J connectivity index is 2.09. The molecule has 0 radical (unpaired) electrons. The third-order valence-electron chi connectivity index (χ3n) is 4.91. The van der Waals surface area contributed by atoms with Crippen molar-refractivity contribution in [3.63, 3.8) is 0 Å². The molecule has 1 amide bonds. The van der Waals surface area contributed by atoms with Gasteiger partial charge in [0, 0.05) is 6.04 Å². The van der Waals surface area contributed by atoms with E-state index in [1.54, 1.807) is 10.6 Å². The van der Waals surface area contributed by atoms with E-state index in [0.29, 0.717) is 16.1 Å². The van der Waals surface area contributed by atoms with Crippen LogP contribution in [0.2, 0.25) is 0 Å². The minimum absolute atomic E-state index is 0.0609. The molecule has 0 aliphatic heterocycles. The number of benzene rings is 2. The van der Waals surface area contributed by atoms with Crippen LogP contribution in [0.15, 0.2) is 52.4 Å². The zero-order chi connectivity index (χ0) is 20.3. The third kappa shape index (κ3) is 4.12. The highest BCUT2D eigenvalue weighted by molar-refractivity contribution is 7.99. The second-order valence-electron chi connectivity index (χ2n) is 6.94.